The van der Waals surface area contributed by atoms with Crippen LogP contribution in [0, 0.1) is 0 Å². The molecule has 0 radical (unpaired) electrons. The number of carbonyl (C=O) groups is 1. The Labute approximate surface area is 125 Å². The van der Waals surface area contributed by atoms with E-state index in [0.717, 1.165) is 29.7 Å². The number of nitrogens with one attached hydrogen (secondary N) is 1. The molecule has 1 N–H and O–H groups in total. The highest BCUT2D eigenvalue weighted by Crippen LogP contribution is 2.30. The summed E-state index contributed by atoms with van der Waals surface area (Å²) in [5.41, 5.74) is 3.06. The first-order chi connectivity index (χ1) is 10.3. The van der Waals surface area contributed by atoms with Gasteiger partial charge in [0.15, 0.2) is 5.78 Å². The van der Waals surface area contributed by atoms with E-state index in [0.29, 0.717) is 6.42 Å². The molecule has 1 aliphatic rings. The molecule has 106 valence electrons. The molecule has 1 unspecified atom stereocenters. The highest BCUT2D eigenvalue weighted by atomic mass is 16.1. The van der Waals surface area contributed by atoms with Crippen molar-refractivity contribution >= 4 is 11.5 Å². The molecule has 0 fully saturated rings. The van der Waals surface area contributed by atoms with Crippen molar-refractivity contribution in [2.24, 2.45) is 0 Å². The van der Waals surface area contributed by atoms with Crippen molar-refractivity contribution < 1.29 is 4.79 Å². The molecule has 1 atom stereocenters. The summed E-state index contributed by atoms with van der Waals surface area (Å²) in [5.74, 6) is 0.263. The Morgan fingerprint density at radius 3 is 2.24 bits per heavy atom. The summed E-state index contributed by atoms with van der Waals surface area (Å²) in [6.07, 6.45) is 4.71. The monoisotopic (exact) mass is 277 g/mol. The lowest BCUT2D eigenvalue weighted by Gasteiger charge is -2.25. The second kappa shape index (κ2) is 6.40. The van der Waals surface area contributed by atoms with Gasteiger partial charge in [-0.05, 0) is 30.5 Å². The minimum atomic E-state index is -0.0681. The van der Waals surface area contributed by atoms with Crippen LogP contribution in [0.1, 0.15) is 30.9 Å². The number of Topliss-reactive ketones (excluding diaryl/α,β-unsaturated/α-hetero) is 1. The van der Waals surface area contributed by atoms with Gasteiger partial charge < -0.3 is 5.32 Å². The highest BCUT2D eigenvalue weighted by molar-refractivity contribution is 5.98. The van der Waals surface area contributed by atoms with Gasteiger partial charge in [0.2, 0.25) is 0 Å². The predicted molar refractivity (Wildman–Crippen MR) is 86.2 cm³/mol. The smallest absolute Gasteiger partial charge is 0.160 e. The summed E-state index contributed by atoms with van der Waals surface area (Å²) in [4.78, 5) is 12.3. The number of hydrogen-bond donors (Lipinski definition) is 1. The van der Waals surface area contributed by atoms with Gasteiger partial charge >= 0.3 is 0 Å². The zero-order valence-electron chi connectivity index (χ0n) is 12.0. The molecule has 2 heteroatoms. The van der Waals surface area contributed by atoms with Crippen molar-refractivity contribution in [1.29, 1.82) is 0 Å². The molecular formula is C19H19NO. The van der Waals surface area contributed by atoms with E-state index in [1.54, 1.807) is 0 Å². The average Bonchev–Trinajstić information content (AvgIpc) is 2.55. The summed E-state index contributed by atoms with van der Waals surface area (Å²) in [6, 6.07) is 20.2. The van der Waals surface area contributed by atoms with Crippen LogP contribution < -0.4 is 5.32 Å². The largest absolute Gasteiger partial charge is 0.374 e. The molecule has 0 spiro atoms. The van der Waals surface area contributed by atoms with Crippen LogP contribution in [0.2, 0.25) is 0 Å². The third-order valence-corrected chi connectivity index (χ3v) is 3.82. The molecule has 0 bridgehead atoms. The van der Waals surface area contributed by atoms with Crippen LogP contribution in [0.5, 0.6) is 0 Å². The van der Waals surface area contributed by atoms with Gasteiger partial charge in [-0.15, -0.1) is 0 Å². The zero-order chi connectivity index (χ0) is 14.5. The van der Waals surface area contributed by atoms with Gasteiger partial charge in [0.05, 0.1) is 6.04 Å². The molecule has 0 amide bonds. The van der Waals surface area contributed by atoms with Gasteiger partial charge in [-0.2, -0.15) is 0 Å². The Morgan fingerprint density at radius 1 is 0.905 bits per heavy atom. The number of anilines is 1. The van der Waals surface area contributed by atoms with Crippen molar-refractivity contribution in [2.75, 3.05) is 5.32 Å². The number of benzene rings is 2. The Morgan fingerprint density at radius 2 is 1.57 bits per heavy atom. The van der Waals surface area contributed by atoms with E-state index in [2.05, 4.69) is 23.5 Å². The highest BCUT2D eigenvalue weighted by Gasteiger charge is 2.24. The Balaban J connectivity index is 1.95. The van der Waals surface area contributed by atoms with Gasteiger partial charge in [0.25, 0.3) is 0 Å². The van der Waals surface area contributed by atoms with Crippen LogP contribution in [0.25, 0.3) is 0 Å². The van der Waals surface area contributed by atoms with Gasteiger partial charge in [-0.3, -0.25) is 4.79 Å². The van der Waals surface area contributed by atoms with Gasteiger partial charge in [-0.25, -0.2) is 0 Å². The summed E-state index contributed by atoms with van der Waals surface area (Å²) in [5, 5.41) is 3.51. The van der Waals surface area contributed by atoms with Crippen LogP contribution >= 0.6 is 0 Å². The van der Waals surface area contributed by atoms with Gasteiger partial charge in [0, 0.05) is 17.7 Å². The number of rotatable bonds is 4. The topological polar surface area (TPSA) is 29.1 Å². The summed E-state index contributed by atoms with van der Waals surface area (Å²) >= 11 is 0. The first-order valence-corrected chi connectivity index (χ1v) is 7.44. The average molecular weight is 277 g/mol. The molecule has 2 aromatic rings. The van der Waals surface area contributed by atoms with E-state index in [-0.39, 0.29) is 11.8 Å². The maximum Gasteiger partial charge on any atom is 0.160 e. The first kappa shape index (κ1) is 13.6. The normalized spacial score (nSPS) is 16.2. The fourth-order valence-corrected chi connectivity index (χ4v) is 2.74. The quantitative estimate of drug-likeness (QED) is 0.890. The Hall–Kier alpha value is -2.35. The maximum absolute atomic E-state index is 12.3. The number of ketones is 1. The summed E-state index contributed by atoms with van der Waals surface area (Å²) < 4.78 is 0. The fourth-order valence-electron chi connectivity index (χ4n) is 2.74. The molecule has 21 heavy (non-hydrogen) atoms. The van der Waals surface area contributed by atoms with Crippen molar-refractivity contribution in [3.63, 3.8) is 0 Å². The van der Waals surface area contributed by atoms with Crippen LogP contribution in [-0.2, 0) is 4.79 Å². The zero-order valence-corrected chi connectivity index (χ0v) is 12.0. The van der Waals surface area contributed by atoms with E-state index in [9.17, 15) is 4.79 Å². The summed E-state index contributed by atoms with van der Waals surface area (Å²) in [6.45, 7) is 0. The fraction of sp³-hybridized carbons (Fsp3) is 0.211. The molecule has 2 nitrogen and oxygen atoms in total. The third kappa shape index (κ3) is 3.22. The molecule has 0 saturated carbocycles. The van der Waals surface area contributed by atoms with E-state index >= 15 is 0 Å². The second-order valence-electron chi connectivity index (χ2n) is 5.33. The molecule has 0 aromatic heterocycles. The minimum Gasteiger partial charge on any atom is -0.374 e. The van der Waals surface area contributed by atoms with Crippen molar-refractivity contribution in [3.8, 4) is 0 Å². The SMILES string of the molecule is O=C1CCCC=C1C(Nc1ccccc1)c1ccccc1. The molecular weight excluding hydrogens is 258 g/mol. The minimum absolute atomic E-state index is 0.0681. The van der Waals surface area contributed by atoms with Crippen LogP contribution in [0.15, 0.2) is 72.3 Å². The van der Waals surface area contributed by atoms with E-state index in [1.807, 2.05) is 48.5 Å². The Bertz CT molecular complexity index is 631. The molecule has 2 aromatic carbocycles. The predicted octanol–water partition coefficient (Wildman–Crippen LogP) is 4.52. The van der Waals surface area contributed by atoms with Crippen molar-refractivity contribution in [1.82, 2.24) is 0 Å². The molecule has 1 aliphatic carbocycles. The van der Waals surface area contributed by atoms with Crippen molar-refractivity contribution in [2.45, 2.75) is 25.3 Å². The summed E-state index contributed by atoms with van der Waals surface area (Å²) in [7, 11) is 0. The number of hydrogen-bond acceptors (Lipinski definition) is 2. The molecule has 0 saturated heterocycles. The standard InChI is InChI=1S/C19H19NO/c21-18-14-8-7-13-17(18)19(15-9-3-1-4-10-15)20-16-11-5-2-6-12-16/h1-6,9-13,19-20H,7-8,14H2. The lowest BCUT2D eigenvalue weighted by molar-refractivity contribution is -0.116. The van der Waals surface area contributed by atoms with Crippen molar-refractivity contribution in [3.05, 3.63) is 77.9 Å². The number of para-hydroxylation sites is 1. The molecule has 3 rings (SSSR count). The second-order valence-corrected chi connectivity index (χ2v) is 5.33. The molecule has 0 aliphatic heterocycles. The van der Waals surface area contributed by atoms with Gasteiger partial charge in [-0.1, -0.05) is 54.6 Å². The lowest BCUT2D eigenvalue weighted by Crippen LogP contribution is -2.21. The molecule has 0 heterocycles. The lowest BCUT2D eigenvalue weighted by atomic mass is 9.88. The maximum atomic E-state index is 12.3. The number of allylic oxidation sites excluding steroid dienone is 1. The van der Waals surface area contributed by atoms with E-state index in [1.165, 1.54) is 0 Å². The van der Waals surface area contributed by atoms with Crippen LogP contribution in [0.4, 0.5) is 5.69 Å². The van der Waals surface area contributed by atoms with Gasteiger partial charge in [0.1, 0.15) is 0 Å². The van der Waals surface area contributed by atoms with Crippen LogP contribution in [0.3, 0.4) is 0 Å². The van der Waals surface area contributed by atoms with Crippen LogP contribution in [-0.4, -0.2) is 5.78 Å². The Kier molecular flexibility index (Phi) is 4.15. The third-order valence-electron chi connectivity index (χ3n) is 3.82. The number of carbonyl (C=O) groups excluding carboxylic acids is 1. The van der Waals surface area contributed by atoms with E-state index in [4.69, 9.17) is 0 Å². The van der Waals surface area contributed by atoms with E-state index < -0.39 is 0 Å². The first-order valence-electron chi connectivity index (χ1n) is 7.44.